The van der Waals surface area contributed by atoms with Crippen LogP contribution in [0.15, 0.2) is 0 Å². The number of likely N-dealkylation sites (tertiary alicyclic amines) is 1. The van der Waals surface area contributed by atoms with Crippen molar-refractivity contribution in [3.63, 3.8) is 0 Å². The first-order valence-electron chi connectivity index (χ1n) is 5.01. The van der Waals surface area contributed by atoms with E-state index in [-0.39, 0.29) is 5.54 Å². The highest BCUT2D eigenvalue weighted by Gasteiger charge is 2.42. The standard InChI is InChI=1S/C10H20N2/c1-9(2)5-6-12(7-9)8-10(11)3-4-10/h3-8,11H2,1-2H3. The third kappa shape index (κ3) is 1.80. The van der Waals surface area contributed by atoms with Gasteiger partial charge in [-0.15, -0.1) is 0 Å². The van der Waals surface area contributed by atoms with Gasteiger partial charge in [-0.3, -0.25) is 0 Å². The Kier molecular flexibility index (Phi) is 1.74. The molecule has 12 heavy (non-hydrogen) atoms. The van der Waals surface area contributed by atoms with E-state index in [1.807, 2.05) is 0 Å². The van der Waals surface area contributed by atoms with Crippen LogP contribution in [0.3, 0.4) is 0 Å². The molecule has 0 radical (unpaired) electrons. The smallest absolute Gasteiger partial charge is 0.0284 e. The van der Waals surface area contributed by atoms with Crippen LogP contribution in [0.1, 0.15) is 33.1 Å². The molecular weight excluding hydrogens is 148 g/mol. The molecule has 0 atom stereocenters. The van der Waals surface area contributed by atoms with E-state index in [9.17, 15) is 0 Å². The summed E-state index contributed by atoms with van der Waals surface area (Å²) in [7, 11) is 0. The molecule has 2 nitrogen and oxygen atoms in total. The zero-order valence-corrected chi connectivity index (χ0v) is 8.27. The van der Waals surface area contributed by atoms with Crippen molar-refractivity contribution in [2.45, 2.75) is 38.6 Å². The van der Waals surface area contributed by atoms with Gasteiger partial charge in [0, 0.05) is 18.6 Å². The molecule has 0 amide bonds. The zero-order chi connectivity index (χ0) is 8.82. The molecule has 0 aromatic heterocycles. The van der Waals surface area contributed by atoms with Crippen molar-refractivity contribution in [1.29, 1.82) is 0 Å². The van der Waals surface area contributed by atoms with Gasteiger partial charge < -0.3 is 10.6 Å². The quantitative estimate of drug-likeness (QED) is 0.671. The Morgan fingerprint density at radius 2 is 1.92 bits per heavy atom. The lowest BCUT2D eigenvalue weighted by atomic mass is 9.93. The molecule has 1 saturated carbocycles. The number of hydrogen-bond donors (Lipinski definition) is 1. The van der Waals surface area contributed by atoms with Crippen molar-refractivity contribution < 1.29 is 0 Å². The summed E-state index contributed by atoms with van der Waals surface area (Å²) in [5, 5.41) is 0. The maximum absolute atomic E-state index is 6.07. The minimum absolute atomic E-state index is 0.209. The largest absolute Gasteiger partial charge is 0.324 e. The summed E-state index contributed by atoms with van der Waals surface area (Å²) in [5.74, 6) is 0. The van der Waals surface area contributed by atoms with Crippen molar-refractivity contribution >= 4 is 0 Å². The van der Waals surface area contributed by atoms with Gasteiger partial charge in [-0.05, 0) is 31.2 Å². The minimum atomic E-state index is 0.209. The molecule has 2 fully saturated rings. The van der Waals surface area contributed by atoms with Crippen molar-refractivity contribution in [2.75, 3.05) is 19.6 Å². The number of hydrogen-bond acceptors (Lipinski definition) is 2. The summed E-state index contributed by atoms with van der Waals surface area (Å²) in [6.07, 6.45) is 3.82. The Labute approximate surface area is 75.1 Å². The van der Waals surface area contributed by atoms with Gasteiger partial charge in [0.15, 0.2) is 0 Å². The van der Waals surface area contributed by atoms with Crippen molar-refractivity contribution in [1.82, 2.24) is 4.90 Å². The van der Waals surface area contributed by atoms with E-state index in [1.54, 1.807) is 0 Å². The molecule has 1 aliphatic heterocycles. The monoisotopic (exact) mass is 168 g/mol. The van der Waals surface area contributed by atoms with E-state index in [1.165, 1.54) is 32.4 Å². The van der Waals surface area contributed by atoms with Crippen molar-refractivity contribution in [3.05, 3.63) is 0 Å². The molecule has 2 heteroatoms. The first-order valence-corrected chi connectivity index (χ1v) is 5.01. The lowest BCUT2D eigenvalue weighted by molar-refractivity contribution is 0.269. The fourth-order valence-corrected chi connectivity index (χ4v) is 2.12. The fraction of sp³-hybridized carbons (Fsp3) is 1.00. The molecule has 0 bridgehead atoms. The molecule has 2 rings (SSSR count). The Bertz CT molecular complexity index is 182. The predicted octanol–water partition coefficient (Wildman–Crippen LogP) is 1.21. The molecule has 0 aromatic rings. The number of rotatable bonds is 2. The molecular formula is C10H20N2. The second-order valence-corrected chi connectivity index (χ2v) is 5.49. The molecule has 2 N–H and O–H groups in total. The summed E-state index contributed by atoms with van der Waals surface area (Å²) in [6, 6.07) is 0. The van der Waals surface area contributed by atoms with Crippen LogP contribution in [0.4, 0.5) is 0 Å². The molecule has 1 aliphatic carbocycles. The summed E-state index contributed by atoms with van der Waals surface area (Å²) >= 11 is 0. The summed E-state index contributed by atoms with van der Waals surface area (Å²) in [4.78, 5) is 2.53. The highest BCUT2D eigenvalue weighted by molar-refractivity contribution is 5.02. The summed E-state index contributed by atoms with van der Waals surface area (Å²) in [6.45, 7) is 8.33. The van der Waals surface area contributed by atoms with E-state index < -0.39 is 0 Å². The molecule has 2 aliphatic rings. The second kappa shape index (κ2) is 2.46. The molecule has 0 spiro atoms. The van der Waals surface area contributed by atoms with Crippen LogP contribution >= 0.6 is 0 Å². The predicted molar refractivity (Wildman–Crippen MR) is 51.0 cm³/mol. The van der Waals surface area contributed by atoms with Gasteiger partial charge in [-0.1, -0.05) is 13.8 Å². The first kappa shape index (κ1) is 8.52. The zero-order valence-electron chi connectivity index (χ0n) is 8.27. The maximum atomic E-state index is 6.07. The van der Waals surface area contributed by atoms with Crippen LogP contribution in [-0.2, 0) is 0 Å². The first-order chi connectivity index (χ1) is 5.49. The molecule has 1 saturated heterocycles. The van der Waals surface area contributed by atoms with E-state index >= 15 is 0 Å². The lowest BCUT2D eigenvalue weighted by Crippen LogP contribution is -2.38. The van der Waals surface area contributed by atoms with Crippen LogP contribution in [0, 0.1) is 5.41 Å². The average Bonchev–Trinajstić information content (AvgIpc) is 2.53. The Balaban J connectivity index is 1.84. The van der Waals surface area contributed by atoms with Crippen LogP contribution in [0.5, 0.6) is 0 Å². The van der Waals surface area contributed by atoms with Gasteiger partial charge >= 0.3 is 0 Å². The third-order valence-electron chi connectivity index (χ3n) is 3.19. The van der Waals surface area contributed by atoms with Crippen LogP contribution in [-0.4, -0.2) is 30.1 Å². The molecule has 70 valence electrons. The van der Waals surface area contributed by atoms with Crippen LogP contribution in [0.2, 0.25) is 0 Å². The van der Waals surface area contributed by atoms with Crippen molar-refractivity contribution in [2.24, 2.45) is 11.1 Å². The minimum Gasteiger partial charge on any atom is -0.324 e. The molecule has 0 unspecified atom stereocenters. The Morgan fingerprint density at radius 3 is 2.33 bits per heavy atom. The number of nitrogens with zero attached hydrogens (tertiary/aromatic N) is 1. The maximum Gasteiger partial charge on any atom is 0.0284 e. The van der Waals surface area contributed by atoms with Gasteiger partial charge in [-0.25, -0.2) is 0 Å². The van der Waals surface area contributed by atoms with Gasteiger partial charge in [0.05, 0.1) is 0 Å². The van der Waals surface area contributed by atoms with Gasteiger partial charge in [0.1, 0.15) is 0 Å². The normalized spacial score (nSPS) is 32.2. The topological polar surface area (TPSA) is 29.3 Å². The van der Waals surface area contributed by atoms with Crippen molar-refractivity contribution in [3.8, 4) is 0 Å². The average molecular weight is 168 g/mol. The van der Waals surface area contributed by atoms with E-state index in [4.69, 9.17) is 5.73 Å². The third-order valence-corrected chi connectivity index (χ3v) is 3.19. The fourth-order valence-electron chi connectivity index (χ4n) is 2.12. The van der Waals surface area contributed by atoms with Crippen LogP contribution < -0.4 is 5.73 Å². The second-order valence-electron chi connectivity index (χ2n) is 5.49. The van der Waals surface area contributed by atoms with Gasteiger partial charge in [0.25, 0.3) is 0 Å². The highest BCUT2D eigenvalue weighted by atomic mass is 15.2. The van der Waals surface area contributed by atoms with Crippen LogP contribution in [0.25, 0.3) is 0 Å². The summed E-state index contributed by atoms with van der Waals surface area (Å²) < 4.78 is 0. The van der Waals surface area contributed by atoms with Gasteiger partial charge in [0.2, 0.25) is 0 Å². The Morgan fingerprint density at radius 1 is 1.25 bits per heavy atom. The SMILES string of the molecule is CC1(C)CCN(CC2(N)CC2)C1. The van der Waals surface area contributed by atoms with E-state index in [2.05, 4.69) is 18.7 Å². The summed E-state index contributed by atoms with van der Waals surface area (Å²) in [5.41, 5.74) is 6.82. The molecule has 1 heterocycles. The van der Waals surface area contributed by atoms with E-state index in [0.29, 0.717) is 5.41 Å². The number of nitrogens with two attached hydrogens (primary N) is 1. The lowest BCUT2D eigenvalue weighted by Gasteiger charge is -2.22. The Hall–Kier alpha value is -0.0800. The van der Waals surface area contributed by atoms with E-state index in [0.717, 1.165) is 6.54 Å². The highest BCUT2D eigenvalue weighted by Crippen LogP contribution is 2.36. The molecule has 0 aromatic carbocycles. The van der Waals surface area contributed by atoms with Gasteiger partial charge in [-0.2, -0.15) is 0 Å².